The molecule has 1 aromatic rings. The minimum Gasteiger partial charge on any atom is -0.352 e. The van der Waals surface area contributed by atoms with Gasteiger partial charge in [0, 0.05) is 18.1 Å². The van der Waals surface area contributed by atoms with Crippen molar-refractivity contribution in [3.05, 3.63) is 35.4 Å². The zero-order chi connectivity index (χ0) is 19.4. The third kappa shape index (κ3) is 7.07. The molecule has 1 amide bonds. The van der Waals surface area contributed by atoms with Gasteiger partial charge in [0.1, 0.15) is 0 Å². The summed E-state index contributed by atoms with van der Waals surface area (Å²) in [6.07, 6.45) is 3.72. The molecule has 0 spiro atoms. The number of carbonyl (C=O) groups is 1. The van der Waals surface area contributed by atoms with E-state index in [0.717, 1.165) is 31.2 Å². The van der Waals surface area contributed by atoms with Gasteiger partial charge in [0.15, 0.2) is 0 Å². The van der Waals surface area contributed by atoms with Crippen LogP contribution in [0.4, 0.5) is 0 Å². The molecule has 0 aromatic heterocycles. The Kier molecular flexibility index (Phi) is 8.73. The molecule has 27 heavy (non-hydrogen) atoms. The van der Waals surface area contributed by atoms with Crippen LogP contribution in [0.3, 0.4) is 0 Å². The Balaban J connectivity index is 0.00000364. The number of sulfonamides is 1. The first-order valence-electron chi connectivity index (χ1n) is 9.24. The molecule has 6 nitrogen and oxygen atoms in total. The molecule has 1 aromatic carbocycles. The number of amides is 1. The first kappa shape index (κ1) is 23.9. The molecule has 4 N–H and O–H groups in total. The topological polar surface area (TPSA) is 101 Å². The van der Waals surface area contributed by atoms with Crippen molar-refractivity contribution >= 4 is 28.3 Å². The van der Waals surface area contributed by atoms with E-state index in [2.05, 4.69) is 10.0 Å². The third-order valence-corrected chi connectivity index (χ3v) is 6.42. The van der Waals surface area contributed by atoms with Crippen LogP contribution in [0.15, 0.2) is 24.3 Å². The summed E-state index contributed by atoms with van der Waals surface area (Å²) < 4.78 is 27.0. The van der Waals surface area contributed by atoms with Gasteiger partial charge >= 0.3 is 0 Å². The van der Waals surface area contributed by atoms with E-state index in [1.807, 2.05) is 25.1 Å². The van der Waals surface area contributed by atoms with Gasteiger partial charge in [-0.2, -0.15) is 0 Å². The summed E-state index contributed by atoms with van der Waals surface area (Å²) in [6, 6.07) is 7.14. The van der Waals surface area contributed by atoms with Crippen LogP contribution in [0.2, 0.25) is 0 Å². The fourth-order valence-corrected chi connectivity index (χ4v) is 5.06. The number of hydrogen-bond acceptors (Lipinski definition) is 4. The van der Waals surface area contributed by atoms with Crippen molar-refractivity contribution in [2.45, 2.75) is 70.3 Å². The summed E-state index contributed by atoms with van der Waals surface area (Å²) in [5.41, 5.74) is 7.33. The maximum atomic E-state index is 12.6. The molecular weight excluding hydrogens is 386 g/mol. The van der Waals surface area contributed by atoms with Crippen molar-refractivity contribution in [3.8, 4) is 0 Å². The third-order valence-electron chi connectivity index (χ3n) is 4.90. The van der Waals surface area contributed by atoms with Crippen molar-refractivity contribution in [2.24, 2.45) is 11.7 Å². The Hall–Kier alpha value is -1.15. The van der Waals surface area contributed by atoms with Gasteiger partial charge in [-0.15, -0.1) is 12.4 Å². The Bertz CT molecular complexity index is 735. The minimum absolute atomic E-state index is 0. The zero-order valence-electron chi connectivity index (χ0n) is 16.3. The van der Waals surface area contributed by atoms with Crippen LogP contribution in [-0.4, -0.2) is 25.9 Å². The molecule has 0 bridgehead atoms. The van der Waals surface area contributed by atoms with Crippen molar-refractivity contribution in [1.29, 1.82) is 0 Å². The van der Waals surface area contributed by atoms with Crippen molar-refractivity contribution in [3.63, 3.8) is 0 Å². The summed E-state index contributed by atoms with van der Waals surface area (Å²) in [6.45, 7) is 5.82. The fraction of sp³-hybridized carbons (Fsp3) is 0.632. The zero-order valence-corrected chi connectivity index (χ0v) is 18.0. The van der Waals surface area contributed by atoms with Gasteiger partial charge in [-0.3, -0.25) is 4.79 Å². The normalized spacial score (nSPS) is 22.9. The number of carbonyl (C=O) groups excluding carboxylic acids is 1. The lowest BCUT2D eigenvalue weighted by Crippen LogP contribution is -2.52. The van der Waals surface area contributed by atoms with Crippen LogP contribution in [-0.2, 0) is 27.1 Å². The van der Waals surface area contributed by atoms with Crippen LogP contribution >= 0.6 is 12.4 Å². The van der Waals surface area contributed by atoms with Gasteiger partial charge in [0.05, 0.1) is 11.7 Å². The molecule has 0 saturated heterocycles. The summed E-state index contributed by atoms with van der Waals surface area (Å²) >= 11 is 0. The van der Waals surface area contributed by atoms with Crippen molar-refractivity contribution in [1.82, 2.24) is 10.0 Å². The lowest BCUT2D eigenvalue weighted by atomic mass is 9.74. The molecular formula is C19H32ClN3O3S. The monoisotopic (exact) mass is 417 g/mol. The van der Waals surface area contributed by atoms with Gasteiger partial charge in [0.2, 0.25) is 15.9 Å². The van der Waals surface area contributed by atoms with E-state index >= 15 is 0 Å². The number of nitrogens with one attached hydrogen (secondary N) is 2. The Morgan fingerprint density at radius 2 is 1.89 bits per heavy atom. The van der Waals surface area contributed by atoms with Crippen LogP contribution < -0.4 is 15.8 Å². The number of halogens is 1. The Morgan fingerprint density at radius 3 is 2.48 bits per heavy atom. The van der Waals surface area contributed by atoms with Crippen molar-refractivity contribution < 1.29 is 13.2 Å². The Morgan fingerprint density at radius 1 is 1.26 bits per heavy atom. The average molecular weight is 418 g/mol. The van der Waals surface area contributed by atoms with Gasteiger partial charge in [-0.05, 0) is 44.7 Å². The van der Waals surface area contributed by atoms with E-state index < -0.39 is 15.6 Å². The van der Waals surface area contributed by atoms with Crippen LogP contribution in [0.5, 0.6) is 0 Å². The number of nitrogens with two attached hydrogens (primary N) is 1. The highest BCUT2D eigenvalue weighted by molar-refractivity contribution is 7.88. The van der Waals surface area contributed by atoms with Crippen LogP contribution in [0.25, 0.3) is 0 Å². The highest BCUT2D eigenvalue weighted by atomic mass is 35.5. The van der Waals surface area contributed by atoms with Crippen molar-refractivity contribution in [2.75, 3.05) is 0 Å². The molecule has 1 fully saturated rings. The minimum atomic E-state index is -3.42. The molecule has 0 radical (unpaired) electrons. The molecule has 1 aliphatic carbocycles. The average Bonchev–Trinajstić information content (AvgIpc) is 2.51. The highest BCUT2D eigenvalue weighted by Gasteiger charge is 2.37. The second kappa shape index (κ2) is 9.87. The fourth-order valence-electron chi connectivity index (χ4n) is 3.57. The second-order valence-corrected chi connectivity index (χ2v) is 9.58. The van der Waals surface area contributed by atoms with Gasteiger partial charge in [-0.1, -0.05) is 37.1 Å². The molecule has 1 saturated carbocycles. The lowest BCUT2D eigenvalue weighted by molar-refractivity contribution is -0.128. The van der Waals surface area contributed by atoms with Crippen LogP contribution in [0, 0.1) is 5.92 Å². The standard InChI is InChI=1S/C19H31N3O3S.ClH/c1-14(2)22-26(24,25)13-16-9-5-4-8-15(16)12-21-18(23)17-10-6-7-11-19(17,3)20;/h4-5,8-9,14,17,22H,6-7,10-13,20H2,1-3H3,(H,21,23);1H. The predicted octanol–water partition coefficient (Wildman–Crippen LogP) is 2.46. The van der Waals surface area contributed by atoms with E-state index in [-0.39, 0.29) is 36.0 Å². The number of rotatable bonds is 7. The maximum Gasteiger partial charge on any atom is 0.225 e. The quantitative estimate of drug-likeness (QED) is 0.634. The van der Waals surface area contributed by atoms with E-state index in [9.17, 15) is 13.2 Å². The molecule has 2 rings (SSSR count). The first-order chi connectivity index (χ1) is 12.1. The predicted molar refractivity (Wildman–Crippen MR) is 111 cm³/mol. The van der Waals surface area contributed by atoms with E-state index in [1.165, 1.54) is 0 Å². The van der Waals surface area contributed by atoms with Crippen LogP contribution in [0.1, 0.15) is 57.6 Å². The maximum absolute atomic E-state index is 12.6. The first-order valence-corrected chi connectivity index (χ1v) is 10.9. The van der Waals surface area contributed by atoms with Gasteiger partial charge in [-0.25, -0.2) is 13.1 Å². The molecule has 154 valence electrons. The number of hydrogen-bond donors (Lipinski definition) is 3. The molecule has 0 heterocycles. The number of benzene rings is 1. The van der Waals surface area contributed by atoms with E-state index in [1.54, 1.807) is 19.9 Å². The summed E-state index contributed by atoms with van der Waals surface area (Å²) in [5, 5.41) is 2.96. The largest absolute Gasteiger partial charge is 0.352 e. The molecule has 2 unspecified atom stereocenters. The van der Waals surface area contributed by atoms with Gasteiger partial charge in [0.25, 0.3) is 0 Å². The van der Waals surface area contributed by atoms with E-state index in [0.29, 0.717) is 12.1 Å². The molecule has 0 aliphatic heterocycles. The SMILES string of the molecule is CC(C)NS(=O)(=O)Cc1ccccc1CNC(=O)C1CCCCC1(C)N.Cl. The molecule has 8 heteroatoms. The Labute approximate surface area is 169 Å². The smallest absolute Gasteiger partial charge is 0.225 e. The summed E-state index contributed by atoms with van der Waals surface area (Å²) in [4.78, 5) is 12.6. The van der Waals surface area contributed by atoms with Gasteiger partial charge < -0.3 is 11.1 Å². The lowest BCUT2D eigenvalue weighted by Gasteiger charge is -2.37. The summed E-state index contributed by atoms with van der Waals surface area (Å²) in [5.74, 6) is -0.350. The molecule has 2 atom stereocenters. The second-order valence-electron chi connectivity index (χ2n) is 7.82. The molecule has 1 aliphatic rings. The highest BCUT2D eigenvalue weighted by Crippen LogP contribution is 2.31. The van der Waals surface area contributed by atoms with E-state index in [4.69, 9.17) is 5.73 Å². The summed E-state index contributed by atoms with van der Waals surface area (Å²) in [7, 11) is -3.42.